The maximum absolute atomic E-state index is 4.28. The first kappa shape index (κ1) is 8.75. The zero-order valence-electron chi connectivity index (χ0n) is 8.38. The molecule has 1 aromatic rings. The van der Waals surface area contributed by atoms with Crippen molar-refractivity contribution in [3.8, 4) is 0 Å². The van der Waals surface area contributed by atoms with Gasteiger partial charge < -0.3 is 5.32 Å². The Morgan fingerprint density at radius 3 is 3.00 bits per heavy atom. The van der Waals surface area contributed by atoms with E-state index >= 15 is 0 Å². The molecule has 1 N–H and O–H groups in total. The van der Waals surface area contributed by atoms with E-state index in [1.807, 2.05) is 17.9 Å². The summed E-state index contributed by atoms with van der Waals surface area (Å²) in [7, 11) is 2.04. The minimum atomic E-state index is 0.668. The van der Waals surface area contributed by atoms with Crippen molar-refractivity contribution in [1.29, 1.82) is 0 Å². The van der Waals surface area contributed by atoms with E-state index in [9.17, 15) is 0 Å². The van der Waals surface area contributed by atoms with E-state index in [4.69, 9.17) is 0 Å². The highest BCUT2D eigenvalue weighted by Crippen LogP contribution is 2.24. The van der Waals surface area contributed by atoms with Gasteiger partial charge in [0.1, 0.15) is 0 Å². The Morgan fingerprint density at radius 2 is 2.46 bits per heavy atom. The minimum Gasteiger partial charge on any atom is -0.316 e. The normalized spacial score (nSPS) is 23.4. The molecule has 1 aromatic heterocycles. The van der Waals surface area contributed by atoms with Crippen LogP contribution >= 0.6 is 0 Å². The molecule has 0 amide bonds. The zero-order valence-corrected chi connectivity index (χ0v) is 8.38. The highest BCUT2D eigenvalue weighted by Gasteiger charge is 2.19. The fourth-order valence-electron chi connectivity index (χ4n) is 2.23. The molecule has 1 fully saturated rings. The summed E-state index contributed by atoms with van der Waals surface area (Å²) in [6.45, 7) is 4.44. The van der Waals surface area contributed by atoms with Gasteiger partial charge in [-0.2, -0.15) is 5.10 Å². The van der Waals surface area contributed by atoms with Crippen LogP contribution in [0.1, 0.15) is 30.0 Å². The first-order chi connectivity index (χ1) is 6.29. The molecule has 1 atom stereocenters. The Morgan fingerprint density at radius 1 is 1.62 bits per heavy atom. The van der Waals surface area contributed by atoms with E-state index in [1.165, 1.54) is 30.6 Å². The number of aryl methyl sites for hydroxylation is 2. The number of hydrogen-bond acceptors (Lipinski definition) is 2. The molecule has 1 aliphatic rings. The Bertz CT molecular complexity index is 265. The lowest BCUT2D eigenvalue weighted by Gasteiger charge is -2.23. The van der Waals surface area contributed by atoms with E-state index in [2.05, 4.69) is 17.3 Å². The van der Waals surface area contributed by atoms with Gasteiger partial charge in [0.05, 0.1) is 6.20 Å². The average molecular weight is 179 g/mol. The molecule has 0 aliphatic carbocycles. The fourth-order valence-corrected chi connectivity index (χ4v) is 2.23. The molecule has 0 spiro atoms. The van der Waals surface area contributed by atoms with Crippen molar-refractivity contribution in [1.82, 2.24) is 15.1 Å². The largest absolute Gasteiger partial charge is 0.316 e. The summed E-state index contributed by atoms with van der Waals surface area (Å²) in [5, 5.41) is 7.72. The van der Waals surface area contributed by atoms with Crippen LogP contribution in [0.5, 0.6) is 0 Å². The lowest BCUT2D eigenvalue weighted by atomic mass is 9.94. The number of aromatic nitrogens is 2. The van der Waals surface area contributed by atoms with E-state index in [0.29, 0.717) is 5.92 Å². The van der Waals surface area contributed by atoms with Gasteiger partial charge in [-0.25, -0.2) is 0 Å². The summed E-state index contributed by atoms with van der Waals surface area (Å²) in [6.07, 6.45) is 4.55. The van der Waals surface area contributed by atoms with Gasteiger partial charge in [0.25, 0.3) is 0 Å². The third kappa shape index (κ3) is 1.61. The van der Waals surface area contributed by atoms with Gasteiger partial charge in [-0.05, 0) is 31.9 Å². The Labute approximate surface area is 79.1 Å². The zero-order chi connectivity index (χ0) is 9.26. The number of nitrogens with one attached hydrogen (secondary N) is 1. The first-order valence-corrected chi connectivity index (χ1v) is 4.98. The molecular weight excluding hydrogens is 162 g/mol. The molecule has 2 rings (SSSR count). The van der Waals surface area contributed by atoms with Crippen molar-refractivity contribution >= 4 is 0 Å². The standard InChI is InChI=1S/C10H17N3/c1-8-6-12-13(2)10(8)9-4-3-5-11-7-9/h6,9,11H,3-5,7H2,1-2H3. The molecule has 3 heteroatoms. The smallest absolute Gasteiger partial charge is 0.0521 e. The van der Waals surface area contributed by atoms with E-state index in [-0.39, 0.29) is 0 Å². The summed E-state index contributed by atoms with van der Waals surface area (Å²) in [4.78, 5) is 0. The average Bonchev–Trinajstić information content (AvgIpc) is 2.48. The first-order valence-electron chi connectivity index (χ1n) is 4.98. The number of piperidine rings is 1. The Balaban J connectivity index is 2.22. The summed E-state index contributed by atoms with van der Waals surface area (Å²) in [6, 6.07) is 0. The molecule has 1 saturated heterocycles. The Hall–Kier alpha value is -0.830. The maximum Gasteiger partial charge on any atom is 0.0521 e. The number of hydrogen-bond donors (Lipinski definition) is 1. The van der Waals surface area contributed by atoms with Crippen LogP contribution in [-0.2, 0) is 7.05 Å². The Kier molecular flexibility index (Phi) is 2.36. The van der Waals surface area contributed by atoms with Gasteiger partial charge in [0.2, 0.25) is 0 Å². The van der Waals surface area contributed by atoms with Gasteiger partial charge in [-0.3, -0.25) is 4.68 Å². The predicted octanol–water partition coefficient (Wildman–Crippen LogP) is 1.20. The molecule has 1 unspecified atom stereocenters. The lowest BCUT2D eigenvalue weighted by molar-refractivity contribution is 0.440. The topological polar surface area (TPSA) is 29.9 Å². The van der Waals surface area contributed by atoms with Crippen LogP contribution in [0.15, 0.2) is 6.20 Å². The molecule has 0 bridgehead atoms. The van der Waals surface area contributed by atoms with Gasteiger partial charge in [-0.1, -0.05) is 0 Å². The molecule has 0 aromatic carbocycles. The summed E-state index contributed by atoms with van der Waals surface area (Å²) >= 11 is 0. The van der Waals surface area contributed by atoms with Crippen molar-refractivity contribution in [3.05, 3.63) is 17.5 Å². The highest BCUT2D eigenvalue weighted by molar-refractivity contribution is 5.20. The fraction of sp³-hybridized carbons (Fsp3) is 0.700. The SMILES string of the molecule is Cc1cnn(C)c1C1CCCNC1. The second-order valence-corrected chi connectivity index (χ2v) is 3.88. The van der Waals surface area contributed by atoms with Crippen LogP contribution in [0.3, 0.4) is 0 Å². The minimum absolute atomic E-state index is 0.668. The van der Waals surface area contributed by atoms with Crippen molar-refractivity contribution in [3.63, 3.8) is 0 Å². The second kappa shape index (κ2) is 3.50. The second-order valence-electron chi connectivity index (χ2n) is 3.88. The van der Waals surface area contributed by atoms with Crippen LogP contribution in [-0.4, -0.2) is 22.9 Å². The third-order valence-corrected chi connectivity index (χ3v) is 2.86. The van der Waals surface area contributed by atoms with E-state index in [1.54, 1.807) is 0 Å². The van der Waals surface area contributed by atoms with Crippen LogP contribution in [0.4, 0.5) is 0 Å². The van der Waals surface area contributed by atoms with Gasteiger partial charge in [0, 0.05) is 25.2 Å². The molecule has 0 saturated carbocycles. The summed E-state index contributed by atoms with van der Waals surface area (Å²) < 4.78 is 2.02. The molecular formula is C10H17N3. The highest BCUT2D eigenvalue weighted by atomic mass is 15.3. The molecule has 0 radical (unpaired) electrons. The lowest BCUT2D eigenvalue weighted by Crippen LogP contribution is -2.29. The van der Waals surface area contributed by atoms with E-state index in [0.717, 1.165) is 6.54 Å². The van der Waals surface area contributed by atoms with Crippen molar-refractivity contribution in [2.75, 3.05) is 13.1 Å². The van der Waals surface area contributed by atoms with Crippen LogP contribution < -0.4 is 5.32 Å². The monoisotopic (exact) mass is 179 g/mol. The predicted molar refractivity (Wildman–Crippen MR) is 52.8 cm³/mol. The summed E-state index contributed by atoms with van der Waals surface area (Å²) in [5.74, 6) is 0.668. The maximum atomic E-state index is 4.28. The van der Waals surface area contributed by atoms with Crippen molar-refractivity contribution < 1.29 is 0 Å². The van der Waals surface area contributed by atoms with Crippen LogP contribution in [0.2, 0.25) is 0 Å². The molecule has 13 heavy (non-hydrogen) atoms. The molecule has 72 valence electrons. The quantitative estimate of drug-likeness (QED) is 0.702. The third-order valence-electron chi connectivity index (χ3n) is 2.86. The van der Waals surface area contributed by atoms with Crippen molar-refractivity contribution in [2.24, 2.45) is 7.05 Å². The van der Waals surface area contributed by atoms with Crippen molar-refractivity contribution in [2.45, 2.75) is 25.7 Å². The van der Waals surface area contributed by atoms with Crippen LogP contribution in [0.25, 0.3) is 0 Å². The van der Waals surface area contributed by atoms with E-state index < -0.39 is 0 Å². The van der Waals surface area contributed by atoms with Gasteiger partial charge >= 0.3 is 0 Å². The molecule has 3 nitrogen and oxygen atoms in total. The van der Waals surface area contributed by atoms with Gasteiger partial charge in [-0.15, -0.1) is 0 Å². The molecule has 1 aliphatic heterocycles. The summed E-state index contributed by atoms with van der Waals surface area (Å²) in [5.41, 5.74) is 2.74. The van der Waals surface area contributed by atoms with Crippen LogP contribution in [0, 0.1) is 6.92 Å². The molecule has 2 heterocycles. The number of rotatable bonds is 1. The van der Waals surface area contributed by atoms with Gasteiger partial charge in [0.15, 0.2) is 0 Å². The number of nitrogens with zero attached hydrogens (tertiary/aromatic N) is 2.